The van der Waals surface area contributed by atoms with Crippen LogP contribution in [0.2, 0.25) is 0 Å². The summed E-state index contributed by atoms with van der Waals surface area (Å²) in [5.41, 5.74) is 0.268. The minimum Gasteiger partial charge on any atom is -0.439 e. The Labute approximate surface area is 148 Å². The van der Waals surface area contributed by atoms with Gasteiger partial charge in [0.05, 0.1) is 5.71 Å². The second kappa shape index (κ2) is 7.07. The van der Waals surface area contributed by atoms with Gasteiger partial charge in [0, 0.05) is 30.8 Å². The van der Waals surface area contributed by atoms with E-state index < -0.39 is 17.2 Å². The van der Waals surface area contributed by atoms with Crippen LogP contribution in [0.25, 0.3) is 0 Å². The van der Waals surface area contributed by atoms with Crippen molar-refractivity contribution in [1.29, 1.82) is 0 Å². The lowest BCUT2D eigenvalue weighted by Crippen LogP contribution is -2.44. The van der Waals surface area contributed by atoms with E-state index in [0.29, 0.717) is 12.0 Å². The highest BCUT2D eigenvalue weighted by Gasteiger charge is 2.40. The lowest BCUT2D eigenvalue weighted by atomic mass is 9.99. The van der Waals surface area contributed by atoms with Gasteiger partial charge in [0.1, 0.15) is 5.75 Å². The zero-order valence-corrected chi connectivity index (χ0v) is 14.3. The van der Waals surface area contributed by atoms with E-state index in [1.165, 1.54) is 12.3 Å². The Balaban J connectivity index is 1.69. The number of oxime groups is 1. The number of aromatic nitrogens is 1. The van der Waals surface area contributed by atoms with Crippen molar-refractivity contribution in [2.45, 2.75) is 32.4 Å². The molecule has 0 radical (unpaired) electrons. The molecule has 1 aliphatic rings. The monoisotopic (exact) mass is 361 g/mol. The Morgan fingerprint density at radius 3 is 2.85 bits per heavy atom. The third-order valence-electron chi connectivity index (χ3n) is 3.87. The summed E-state index contributed by atoms with van der Waals surface area (Å²) in [5.74, 6) is -2.02. The molecule has 1 amide bonds. The molecule has 0 unspecified atom stereocenters. The minimum atomic E-state index is -1.05. The molecule has 0 saturated carbocycles. The molecule has 1 atom stereocenters. The summed E-state index contributed by atoms with van der Waals surface area (Å²) in [6, 6.07) is 6.58. The van der Waals surface area contributed by atoms with Crippen LogP contribution in [-0.4, -0.2) is 22.2 Å². The molecule has 26 heavy (non-hydrogen) atoms. The number of hydrogen-bond donors (Lipinski definition) is 1. The highest BCUT2D eigenvalue weighted by atomic mass is 19.2. The minimum absolute atomic E-state index is 0.102. The first-order valence-corrected chi connectivity index (χ1v) is 7.94. The zero-order chi connectivity index (χ0) is 18.7. The molecule has 0 spiro atoms. The van der Waals surface area contributed by atoms with Crippen molar-refractivity contribution in [1.82, 2.24) is 10.3 Å². The number of hydrogen-bond acceptors (Lipinski definition) is 5. The first kappa shape index (κ1) is 17.8. The Kier molecular flexibility index (Phi) is 4.83. The third-order valence-corrected chi connectivity index (χ3v) is 3.87. The molecule has 1 aromatic heterocycles. The van der Waals surface area contributed by atoms with Crippen molar-refractivity contribution in [3.8, 4) is 11.6 Å². The Morgan fingerprint density at radius 1 is 1.35 bits per heavy atom. The van der Waals surface area contributed by atoms with Crippen LogP contribution in [0.3, 0.4) is 0 Å². The summed E-state index contributed by atoms with van der Waals surface area (Å²) >= 11 is 0. The molecule has 6 nitrogen and oxygen atoms in total. The van der Waals surface area contributed by atoms with Gasteiger partial charge in [-0.15, -0.1) is 0 Å². The van der Waals surface area contributed by atoms with E-state index in [9.17, 15) is 13.6 Å². The van der Waals surface area contributed by atoms with Gasteiger partial charge in [0.25, 0.3) is 5.91 Å². The van der Waals surface area contributed by atoms with Crippen LogP contribution in [0.1, 0.15) is 25.8 Å². The predicted molar refractivity (Wildman–Crippen MR) is 89.7 cm³/mol. The quantitative estimate of drug-likeness (QED) is 0.887. The third kappa shape index (κ3) is 3.79. The summed E-state index contributed by atoms with van der Waals surface area (Å²) in [4.78, 5) is 21.7. The lowest BCUT2D eigenvalue weighted by molar-refractivity contribution is -0.141. The second-order valence-corrected chi connectivity index (χ2v) is 6.15. The molecule has 0 aliphatic carbocycles. The van der Waals surface area contributed by atoms with E-state index in [-0.39, 0.29) is 24.1 Å². The number of carbonyl (C=O) groups excluding carboxylic acids is 1. The highest BCUT2D eigenvalue weighted by Crippen LogP contribution is 2.26. The van der Waals surface area contributed by atoms with E-state index in [0.717, 1.165) is 17.8 Å². The van der Waals surface area contributed by atoms with Crippen LogP contribution in [0.4, 0.5) is 8.78 Å². The number of rotatable bonds is 5. The highest BCUT2D eigenvalue weighted by molar-refractivity contribution is 5.94. The number of ether oxygens (including phenoxy) is 1. The van der Waals surface area contributed by atoms with Crippen molar-refractivity contribution in [3.05, 3.63) is 53.7 Å². The average Bonchev–Trinajstić information content (AvgIpc) is 2.97. The van der Waals surface area contributed by atoms with E-state index in [1.807, 2.05) is 0 Å². The van der Waals surface area contributed by atoms with Gasteiger partial charge in [-0.1, -0.05) is 11.2 Å². The molecule has 8 heteroatoms. The van der Waals surface area contributed by atoms with Gasteiger partial charge in [0.2, 0.25) is 11.5 Å². The molecular formula is C18H17F2N3O3. The largest absolute Gasteiger partial charge is 0.439 e. The van der Waals surface area contributed by atoms with Gasteiger partial charge in [0.15, 0.2) is 11.6 Å². The SMILES string of the molecule is CC1=NO[C@](C)(C(=O)NCc2cccnc2Oc2ccc(F)c(F)c2)C1. The first-order chi connectivity index (χ1) is 12.4. The molecular weight excluding hydrogens is 344 g/mol. The van der Waals surface area contributed by atoms with Gasteiger partial charge in [-0.3, -0.25) is 4.79 Å². The van der Waals surface area contributed by atoms with E-state index in [1.54, 1.807) is 26.0 Å². The lowest BCUT2D eigenvalue weighted by Gasteiger charge is -2.20. The van der Waals surface area contributed by atoms with Crippen molar-refractivity contribution in [3.63, 3.8) is 0 Å². The summed E-state index contributed by atoms with van der Waals surface area (Å²) in [6.45, 7) is 3.57. The van der Waals surface area contributed by atoms with Crippen molar-refractivity contribution in [2.24, 2.45) is 5.16 Å². The fourth-order valence-corrected chi connectivity index (χ4v) is 2.52. The topological polar surface area (TPSA) is 72.8 Å². The van der Waals surface area contributed by atoms with Crippen LogP contribution >= 0.6 is 0 Å². The van der Waals surface area contributed by atoms with Gasteiger partial charge < -0.3 is 14.9 Å². The zero-order valence-electron chi connectivity index (χ0n) is 14.3. The first-order valence-electron chi connectivity index (χ1n) is 7.94. The number of halogens is 2. The molecule has 136 valence electrons. The summed E-state index contributed by atoms with van der Waals surface area (Å²) < 4.78 is 31.9. The normalized spacial score (nSPS) is 18.8. The summed E-state index contributed by atoms with van der Waals surface area (Å²) in [5, 5.41) is 6.56. The van der Waals surface area contributed by atoms with Crippen LogP contribution in [0.15, 0.2) is 41.7 Å². The molecule has 1 N–H and O–H groups in total. The molecule has 0 fully saturated rings. The molecule has 1 aliphatic heterocycles. The van der Waals surface area contributed by atoms with Crippen molar-refractivity contribution in [2.75, 3.05) is 0 Å². The molecule has 2 aromatic rings. The number of benzene rings is 1. The molecule has 0 saturated heterocycles. The van der Waals surface area contributed by atoms with E-state index >= 15 is 0 Å². The predicted octanol–water partition coefficient (Wildman–Crippen LogP) is 3.32. The van der Waals surface area contributed by atoms with E-state index in [2.05, 4.69) is 15.5 Å². The fourth-order valence-electron chi connectivity index (χ4n) is 2.52. The Morgan fingerprint density at radius 2 is 2.15 bits per heavy atom. The molecule has 0 bridgehead atoms. The molecule has 3 rings (SSSR count). The van der Waals surface area contributed by atoms with Gasteiger partial charge >= 0.3 is 0 Å². The van der Waals surface area contributed by atoms with Gasteiger partial charge in [-0.25, -0.2) is 13.8 Å². The van der Waals surface area contributed by atoms with Crippen LogP contribution < -0.4 is 10.1 Å². The van der Waals surface area contributed by atoms with Crippen molar-refractivity contribution < 1.29 is 23.1 Å². The molecule has 2 heterocycles. The van der Waals surface area contributed by atoms with Gasteiger partial charge in [-0.05, 0) is 32.0 Å². The summed E-state index contributed by atoms with van der Waals surface area (Å²) in [6.07, 6.45) is 1.91. The number of pyridine rings is 1. The number of amides is 1. The van der Waals surface area contributed by atoms with Crippen molar-refractivity contribution >= 4 is 11.6 Å². The second-order valence-electron chi connectivity index (χ2n) is 6.15. The number of nitrogens with zero attached hydrogens (tertiary/aromatic N) is 2. The smallest absolute Gasteiger partial charge is 0.267 e. The Bertz CT molecular complexity index is 873. The van der Waals surface area contributed by atoms with Crippen LogP contribution in [-0.2, 0) is 16.2 Å². The maximum Gasteiger partial charge on any atom is 0.267 e. The maximum absolute atomic E-state index is 13.3. The van der Waals surface area contributed by atoms with E-state index in [4.69, 9.17) is 9.57 Å². The summed E-state index contributed by atoms with van der Waals surface area (Å²) in [7, 11) is 0. The van der Waals surface area contributed by atoms with Crippen LogP contribution in [0, 0.1) is 11.6 Å². The average molecular weight is 361 g/mol. The Hall–Kier alpha value is -3.03. The molecule has 1 aromatic carbocycles. The van der Waals surface area contributed by atoms with Crippen LogP contribution in [0.5, 0.6) is 11.6 Å². The fraction of sp³-hybridized carbons (Fsp3) is 0.278. The standard InChI is InChI=1S/C18H17F2N3O3/c1-11-9-18(2,26-23-11)17(24)22-10-12-4-3-7-21-16(12)25-13-5-6-14(19)15(20)8-13/h3-8H,9-10H2,1-2H3,(H,22,24)/t18-/m0/s1. The maximum atomic E-state index is 13.3. The number of carbonyl (C=O) groups is 1. The number of nitrogens with one attached hydrogen (secondary N) is 1. The van der Waals surface area contributed by atoms with Gasteiger partial charge in [-0.2, -0.15) is 0 Å².